The minimum atomic E-state index is -6.00. The molecule has 0 atom stereocenters. The third-order valence-corrected chi connectivity index (χ3v) is 5.93. The molecule has 2 aromatic carbocycles. The van der Waals surface area contributed by atoms with Crippen molar-refractivity contribution in [3.63, 3.8) is 0 Å². The van der Waals surface area contributed by atoms with Crippen molar-refractivity contribution in [3.8, 4) is 5.75 Å². The molecule has 0 fully saturated rings. The molecule has 2 rings (SSSR count). The fourth-order valence-corrected chi connectivity index (χ4v) is 3.44. The van der Waals surface area contributed by atoms with Crippen molar-refractivity contribution in [2.75, 3.05) is 11.0 Å². The van der Waals surface area contributed by atoms with Crippen LogP contribution >= 0.6 is 11.6 Å². The minimum absolute atomic E-state index is 0.0612. The van der Waals surface area contributed by atoms with Crippen LogP contribution in [0.15, 0.2) is 47.6 Å². The predicted molar refractivity (Wildman–Crippen MR) is 119 cm³/mol. The van der Waals surface area contributed by atoms with Gasteiger partial charge in [0.05, 0.1) is 16.8 Å². The van der Waals surface area contributed by atoms with E-state index in [1.807, 2.05) is 0 Å². The lowest BCUT2D eigenvalue weighted by Crippen LogP contribution is -2.44. The van der Waals surface area contributed by atoms with Gasteiger partial charge < -0.3 is 9.57 Å². The van der Waals surface area contributed by atoms with Gasteiger partial charge in [0.25, 0.3) is 0 Å². The predicted octanol–water partition coefficient (Wildman–Crippen LogP) is 5.48. The molecule has 0 aliphatic heterocycles. The highest BCUT2D eigenvalue weighted by molar-refractivity contribution is 7.93. The first-order chi connectivity index (χ1) is 15.5. The number of anilines is 1. The smallest absolute Gasteiger partial charge is 0.443 e. The Morgan fingerprint density at radius 1 is 1.09 bits per heavy atom. The third kappa shape index (κ3) is 6.60. The van der Waals surface area contributed by atoms with Gasteiger partial charge in [-0.05, 0) is 70.2 Å². The quantitative estimate of drug-likeness (QED) is 0.157. The monoisotopic (exact) mass is 524 g/mol. The van der Waals surface area contributed by atoms with Crippen LogP contribution in [0.5, 0.6) is 5.75 Å². The normalized spacial score (nSPS) is 12.9. The molecule has 13 heteroatoms. The maximum Gasteiger partial charge on any atom is 0.516 e. The standard InChI is InChI=1S/C21H21ClF4N2O5S/c1-13(27-33-16-8-6-15(23)7-9-16)17-11-14(22)5-10-18(17)28(34(30,31)21(24,25)26)12-32-19(29)20(2,3)4/h5-11H,12H2,1-4H3/b27-13+. The number of carbonyl (C=O) groups is 1. The van der Waals surface area contributed by atoms with Crippen LogP contribution in [-0.4, -0.2) is 32.3 Å². The Kier molecular flexibility index (Phi) is 8.20. The molecular formula is C21H21ClF4N2O5S. The Morgan fingerprint density at radius 3 is 2.21 bits per heavy atom. The van der Waals surface area contributed by atoms with Gasteiger partial charge >= 0.3 is 21.5 Å². The molecule has 0 N–H and O–H groups in total. The number of oxime groups is 1. The van der Waals surface area contributed by atoms with Gasteiger partial charge in [-0.1, -0.05) is 16.8 Å². The number of nitrogens with zero attached hydrogens (tertiary/aromatic N) is 2. The van der Waals surface area contributed by atoms with Crippen LogP contribution in [0.3, 0.4) is 0 Å². The van der Waals surface area contributed by atoms with E-state index in [4.69, 9.17) is 21.2 Å². The highest BCUT2D eigenvalue weighted by atomic mass is 35.5. The first-order valence-corrected chi connectivity index (χ1v) is 11.4. The molecule has 186 valence electrons. The third-order valence-electron chi connectivity index (χ3n) is 4.23. The maximum atomic E-state index is 13.5. The van der Waals surface area contributed by atoms with E-state index in [1.165, 1.54) is 52.0 Å². The minimum Gasteiger partial charge on any atom is -0.443 e. The van der Waals surface area contributed by atoms with Crippen molar-refractivity contribution >= 4 is 39.0 Å². The van der Waals surface area contributed by atoms with E-state index in [-0.39, 0.29) is 26.4 Å². The fourth-order valence-electron chi connectivity index (χ4n) is 2.41. The summed E-state index contributed by atoms with van der Waals surface area (Å²) in [6.45, 7) is 4.44. The van der Waals surface area contributed by atoms with E-state index in [2.05, 4.69) is 5.16 Å². The number of halogens is 5. The Bertz CT molecular complexity index is 1180. The average molecular weight is 525 g/mol. The average Bonchev–Trinajstić information content (AvgIpc) is 2.72. The lowest BCUT2D eigenvalue weighted by molar-refractivity contribution is -0.152. The second-order valence-electron chi connectivity index (χ2n) is 7.99. The summed E-state index contributed by atoms with van der Waals surface area (Å²) in [5, 5.41) is 3.84. The molecule has 0 radical (unpaired) electrons. The molecule has 0 bridgehead atoms. The molecule has 0 spiro atoms. The van der Waals surface area contributed by atoms with Crippen LogP contribution < -0.4 is 9.14 Å². The van der Waals surface area contributed by atoms with E-state index >= 15 is 0 Å². The summed E-state index contributed by atoms with van der Waals surface area (Å²) in [5.74, 6) is -1.33. The molecule has 0 aromatic heterocycles. The Hall–Kier alpha value is -2.86. The molecule has 0 amide bonds. The zero-order valence-corrected chi connectivity index (χ0v) is 20.1. The van der Waals surface area contributed by atoms with Gasteiger partial charge in [-0.2, -0.15) is 21.6 Å². The molecule has 7 nitrogen and oxygen atoms in total. The maximum absolute atomic E-state index is 13.5. The summed E-state index contributed by atoms with van der Waals surface area (Å²) < 4.78 is 82.9. The molecule has 0 saturated heterocycles. The molecule has 0 aliphatic carbocycles. The van der Waals surface area contributed by atoms with Gasteiger partial charge in [0.2, 0.25) is 0 Å². The van der Waals surface area contributed by atoms with Crippen LogP contribution in [0, 0.1) is 11.2 Å². The number of hydrogen-bond acceptors (Lipinski definition) is 6. The van der Waals surface area contributed by atoms with E-state index in [9.17, 15) is 30.8 Å². The van der Waals surface area contributed by atoms with Crippen molar-refractivity contribution in [3.05, 3.63) is 58.9 Å². The SMILES string of the molecule is C/C(=N\Oc1ccc(F)cc1)c1cc(Cl)ccc1N(COC(=O)C(C)(C)C)S(=O)(=O)C(F)(F)F. The second kappa shape index (κ2) is 10.2. The van der Waals surface area contributed by atoms with Crippen LogP contribution in [0.4, 0.5) is 23.2 Å². The highest BCUT2D eigenvalue weighted by Crippen LogP contribution is 2.34. The van der Waals surface area contributed by atoms with E-state index in [1.54, 1.807) is 0 Å². The molecule has 34 heavy (non-hydrogen) atoms. The molecule has 0 saturated carbocycles. The Balaban J connectivity index is 2.54. The fraction of sp³-hybridized carbons (Fsp3) is 0.333. The highest BCUT2D eigenvalue weighted by Gasteiger charge is 2.51. The van der Waals surface area contributed by atoms with Crippen molar-refractivity contribution in [2.45, 2.75) is 33.2 Å². The van der Waals surface area contributed by atoms with Crippen LogP contribution in [-0.2, 0) is 19.6 Å². The van der Waals surface area contributed by atoms with Gasteiger partial charge in [-0.25, -0.2) is 8.70 Å². The summed E-state index contributed by atoms with van der Waals surface area (Å²) >= 11 is 5.98. The Labute approximate surface area is 198 Å². The van der Waals surface area contributed by atoms with E-state index < -0.39 is 45.2 Å². The summed E-state index contributed by atoms with van der Waals surface area (Å²) in [4.78, 5) is 17.3. The number of benzene rings is 2. The number of sulfonamides is 1. The lowest BCUT2D eigenvalue weighted by atomic mass is 9.98. The summed E-state index contributed by atoms with van der Waals surface area (Å²) in [5.41, 5.74) is -7.52. The van der Waals surface area contributed by atoms with Gasteiger partial charge in [-0.3, -0.25) is 4.79 Å². The first kappa shape index (κ1) is 27.4. The number of ether oxygens (including phenoxy) is 1. The topological polar surface area (TPSA) is 85.3 Å². The summed E-state index contributed by atoms with van der Waals surface area (Å²) in [6.07, 6.45) is 0. The van der Waals surface area contributed by atoms with Gasteiger partial charge in [0.1, 0.15) is 5.82 Å². The van der Waals surface area contributed by atoms with Crippen LogP contribution in [0.1, 0.15) is 33.3 Å². The summed E-state index contributed by atoms with van der Waals surface area (Å²) in [7, 11) is -6.00. The van der Waals surface area contributed by atoms with Gasteiger partial charge in [0.15, 0.2) is 12.5 Å². The van der Waals surface area contributed by atoms with Crippen molar-refractivity contribution in [1.29, 1.82) is 0 Å². The second-order valence-corrected chi connectivity index (χ2v) is 10.3. The molecule has 2 aromatic rings. The number of carbonyl (C=O) groups excluding carboxylic acids is 1. The molecule has 0 aliphatic rings. The zero-order valence-electron chi connectivity index (χ0n) is 18.5. The number of alkyl halides is 3. The summed E-state index contributed by atoms with van der Waals surface area (Å²) in [6, 6.07) is 8.09. The lowest BCUT2D eigenvalue weighted by Gasteiger charge is -2.28. The number of hydrogen-bond donors (Lipinski definition) is 0. The van der Waals surface area contributed by atoms with Gasteiger partial charge in [-0.15, -0.1) is 0 Å². The van der Waals surface area contributed by atoms with Crippen molar-refractivity contribution < 1.29 is 40.3 Å². The van der Waals surface area contributed by atoms with Crippen LogP contribution in [0.2, 0.25) is 5.02 Å². The van der Waals surface area contributed by atoms with E-state index in [0.717, 1.165) is 18.2 Å². The van der Waals surface area contributed by atoms with Crippen LogP contribution in [0.25, 0.3) is 0 Å². The largest absolute Gasteiger partial charge is 0.516 e. The molecular weight excluding hydrogens is 504 g/mol. The van der Waals surface area contributed by atoms with E-state index in [0.29, 0.717) is 0 Å². The van der Waals surface area contributed by atoms with Crippen molar-refractivity contribution in [2.24, 2.45) is 10.6 Å². The van der Waals surface area contributed by atoms with Gasteiger partial charge in [0, 0.05) is 10.6 Å². The number of esters is 1. The molecule has 0 unspecified atom stereocenters. The molecule has 0 heterocycles. The first-order valence-electron chi connectivity index (χ1n) is 9.57. The Morgan fingerprint density at radius 2 is 1.68 bits per heavy atom. The number of rotatable bonds is 7. The zero-order chi connectivity index (χ0) is 25.9. The van der Waals surface area contributed by atoms with Crippen molar-refractivity contribution in [1.82, 2.24) is 0 Å².